The van der Waals surface area contributed by atoms with Crippen LogP contribution in [0.25, 0.3) is 99.1 Å². The van der Waals surface area contributed by atoms with E-state index < -0.39 is 0 Å². The first kappa shape index (κ1) is 37.3. The number of fused-ring (bicyclic) bond motifs is 5. The lowest BCUT2D eigenvalue weighted by molar-refractivity contribution is 0.669. The maximum atomic E-state index is 6.30. The van der Waals surface area contributed by atoms with E-state index in [1.165, 1.54) is 71.8 Å². The van der Waals surface area contributed by atoms with Gasteiger partial charge in [-0.3, -0.25) is 0 Å². The van der Waals surface area contributed by atoms with E-state index >= 15 is 0 Å². The molecule has 1 heterocycles. The van der Waals surface area contributed by atoms with E-state index in [-0.39, 0.29) is 0 Å². The van der Waals surface area contributed by atoms with Crippen LogP contribution in [0.2, 0.25) is 0 Å². The Kier molecular flexibility index (Phi) is 9.20. The van der Waals surface area contributed by atoms with E-state index in [1.54, 1.807) is 0 Å². The highest BCUT2D eigenvalue weighted by atomic mass is 16.3. The second-order valence-corrected chi connectivity index (χ2v) is 16.3. The number of nitrogens with zero attached hydrogens (tertiary/aromatic N) is 1. The Morgan fingerprint density at radius 1 is 0.266 bits per heavy atom. The van der Waals surface area contributed by atoms with Crippen LogP contribution in [0.3, 0.4) is 0 Å². The van der Waals surface area contributed by atoms with Gasteiger partial charge in [0.15, 0.2) is 0 Å². The largest absolute Gasteiger partial charge is 0.456 e. The molecule has 300 valence electrons. The predicted molar refractivity (Wildman–Crippen MR) is 271 cm³/mol. The molecule has 0 fully saturated rings. The molecule has 0 N–H and O–H groups in total. The first-order valence-corrected chi connectivity index (χ1v) is 21.9. The Bertz CT molecular complexity index is 3630. The van der Waals surface area contributed by atoms with Gasteiger partial charge < -0.3 is 9.32 Å². The van der Waals surface area contributed by atoms with Gasteiger partial charge in [-0.1, -0.05) is 206 Å². The van der Waals surface area contributed by atoms with E-state index in [0.717, 1.165) is 44.4 Å². The summed E-state index contributed by atoms with van der Waals surface area (Å²) in [5.41, 5.74) is 17.0. The lowest BCUT2D eigenvalue weighted by atomic mass is 9.77. The molecule has 0 spiro atoms. The predicted octanol–water partition coefficient (Wildman–Crippen LogP) is 17.7. The molecule has 11 aromatic carbocycles. The summed E-state index contributed by atoms with van der Waals surface area (Å²) in [6.07, 6.45) is 0. The van der Waals surface area contributed by atoms with E-state index in [0.29, 0.717) is 0 Å². The SMILES string of the molecule is c1ccc(-c2c(-c3ccccc3)c(-c3ccccc3)c3c(-c4ccc(N(c5ccccc5)c5ccc6oc7ccccc7c6c5)c5ccccc45)cccc3c2-c2ccccc2)cc1. The van der Waals surface area contributed by atoms with Gasteiger partial charge >= 0.3 is 0 Å². The molecule has 0 aliphatic carbocycles. The van der Waals surface area contributed by atoms with Gasteiger partial charge in [0.1, 0.15) is 11.2 Å². The zero-order chi connectivity index (χ0) is 42.4. The van der Waals surface area contributed by atoms with Crippen molar-refractivity contribution in [1.29, 1.82) is 0 Å². The van der Waals surface area contributed by atoms with E-state index in [9.17, 15) is 0 Å². The van der Waals surface area contributed by atoms with Crippen LogP contribution in [0.1, 0.15) is 0 Å². The second kappa shape index (κ2) is 15.8. The normalized spacial score (nSPS) is 11.4. The quantitative estimate of drug-likeness (QED) is 0.152. The van der Waals surface area contributed by atoms with Gasteiger partial charge in [0.2, 0.25) is 0 Å². The van der Waals surface area contributed by atoms with Crippen LogP contribution in [0.4, 0.5) is 17.1 Å². The molecule has 2 nitrogen and oxygen atoms in total. The molecule has 0 saturated heterocycles. The Morgan fingerprint density at radius 3 is 1.39 bits per heavy atom. The zero-order valence-electron chi connectivity index (χ0n) is 35.0. The van der Waals surface area contributed by atoms with Gasteiger partial charge in [-0.15, -0.1) is 0 Å². The van der Waals surface area contributed by atoms with Crippen molar-refractivity contribution in [3.63, 3.8) is 0 Å². The van der Waals surface area contributed by atoms with Crippen molar-refractivity contribution >= 4 is 60.5 Å². The Labute approximate surface area is 372 Å². The molecule has 12 aromatic rings. The first-order chi connectivity index (χ1) is 31.8. The highest BCUT2D eigenvalue weighted by Gasteiger charge is 2.27. The van der Waals surface area contributed by atoms with Crippen LogP contribution in [0, 0.1) is 0 Å². The molecule has 0 atom stereocenters. The number of hydrogen-bond donors (Lipinski definition) is 0. The van der Waals surface area contributed by atoms with Crippen molar-refractivity contribution in [2.75, 3.05) is 4.90 Å². The maximum Gasteiger partial charge on any atom is 0.135 e. The van der Waals surface area contributed by atoms with E-state index in [4.69, 9.17) is 4.42 Å². The molecule has 64 heavy (non-hydrogen) atoms. The molecule has 0 bridgehead atoms. The minimum Gasteiger partial charge on any atom is -0.456 e. The molecule has 0 aliphatic rings. The van der Waals surface area contributed by atoms with Gasteiger partial charge in [0.05, 0.1) is 5.69 Å². The van der Waals surface area contributed by atoms with Crippen LogP contribution in [-0.4, -0.2) is 0 Å². The van der Waals surface area contributed by atoms with Crippen molar-refractivity contribution in [3.05, 3.63) is 249 Å². The second-order valence-electron chi connectivity index (χ2n) is 16.3. The van der Waals surface area contributed by atoms with Crippen LogP contribution in [0.5, 0.6) is 0 Å². The third kappa shape index (κ3) is 6.27. The number of rotatable bonds is 8. The van der Waals surface area contributed by atoms with Gasteiger partial charge in [-0.2, -0.15) is 0 Å². The highest BCUT2D eigenvalue weighted by molar-refractivity contribution is 6.23. The molecule has 0 radical (unpaired) electrons. The average molecular weight is 816 g/mol. The minimum absolute atomic E-state index is 0.878. The van der Waals surface area contributed by atoms with E-state index in [2.05, 4.69) is 241 Å². The molecule has 0 amide bonds. The summed E-state index contributed by atoms with van der Waals surface area (Å²) in [5, 5.41) is 6.97. The van der Waals surface area contributed by atoms with Crippen molar-refractivity contribution in [1.82, 2.24) is 0 Å². The summed E-state index contributed by atoms with van der Waals surface area (Å²) in [6, 6.07) is 89.9. The molecule has 0 saturated carbocycles. The summed E-state index contributed by atoms with van der Waals surface area (Å²) >= 11 is 0. The fourth-order valence-electron chi connectivity index (χ4n) is 9.92. The van der Waals surface area contributed by atoms with Crippen molar-refractivity contribution in [3.8, 4) is 55.6 Å². The molecule has 0 unspecified atom stereocenters. The summed E-state index contributed by atoms with van der Waals surface area (Å²) in [4.78, 5) is 2.39. The molecule has 12 rings (SSSR count). The Balaban J connectivity index is 1.19. The Morgan fingerprint density at radius 2 is 0.750 bits per heavy atom. The third-order valence-electron chi connectivity index (χ3n) is 12.6. The third-order valence-corrected chi connectivity index (χ3v) is 12.6. The standard InChI is InChI=1S/C62H41NO/c1-6-21-42(22-7-1)58-53-35-20-34-52(62(53)61(45-27-12-4-13-28-45)60(44-25-10-3-11-26-44)59(58)43-23-8-2-9-24-43)49-38-39-55(50-32-17-16-31-48(49)50)63(46-29-14-5-15-30-46)47-37-40-57-54(41-47)51-33-18-19-36-56(51)64-57/h1-41H. The topological polar surface area (TPSA) is 16.4 Å². The summed E-state index contributed by atoms with van der Waals surface area (Å²) < 4.78 is 6.30. The lowest BCUT2D eigenvalue weighted by Crippen LogP contribution is -2.10. The summed E-state index contributed by atoms with van der Waals surface area (Å²) in [7, 11) is 0. The number of anilines is 3. The number of para-hydroxylation sites is 2. The van der Waals surface area contributed by atoms with Crippen LogP contribution in [0.15, 0.2) is 253 Å². The van der Waals surface area contributed by atoms with Crippen molar-refractivity contribution < 1.29 is 4.42 Å². The zero-order valence-corrected chi connectivity index (χ0v) is 35.0. The maximum absolute atomic E-state index is 6.30. The number of benzene rings is 11. The number of hydrogen-bond acceptors (Lipinski definition) is 2. The van der Waals surface area contributed by atoms with Crippen LogP contribution >= 0.6 is 0 Å². The van der Waals surface area contributed by atoms with Gasteiger partial charge in [-0.05, 0) is 114 Å². The molecular formula is C62H41NO. The van der Waals surface area contributed by atoms with Crippen LogP contribution in [-0.2, 0) is 0 Å². The number of furan rings is 1. The fraction of sp³-hybridized carbons (Fsp3) is 0. The molecule has 1 aromatic heterocycles. The minimum atomic E-state index is 0.878. The summed E-state index contributed by atoms with van der Waals surface area (Å²) in [6.45, 7) is 0. The smallest absolute Gasteiger partial charge is 0.135 e. The average Bonchev–Trinajstić information content (AvgIpc) is 3.75. The van der Waals surface area contributed by atoms with E-state index in [1.807, 2.05) is 12.1 Å². The van der Waals surface area contributed by atoms with Crippen LogP contribution < -0.4 is 4.90 Å². The Hall–Kier alpha value is -8.46. The van der Waals surface area contributed by atoms with Gasteiger partial charge in [0.25, 0.3) is 0 Å². The lowest BCUT2D eigenvalue weighted by Gasteiger charge is -2.28. The monoisotopic (exact) mass is 815 g/mol. The van der Waals surface area contributed by atoms with Gasteiger partial charge in [0, 0.05) is 27.5 Å². The van der Waals surface area contributed by atoms with Crippen molar-refractivity contribution in [2.45, 2.75) is 0 Å². The van der Waals surface area contributed by atoms with Crippen molar-refractivity contribution in [2.24, 2.45) is 0 Å². The summed E-state index contributed by atoms with van der Waals surface area (Å²) in [5.74, 6) is 0. The molecule has 2 heteroatoms. The van der Waals surface area contributed by atoms with Gasteiger partial charge in [-0.25, -0.2) is 0 Å². The first-order valence-electron chi connectivity index (χ1n) is 21.9. The molecular weight excluding hydrogens is 775 g/mol. The fourth-order valence-corrected chi connectivity index (χ4v) is 9.92. The highest BCUT2D eigenvalue weighted by Crippen LogP contribution is 2.54. The molecule has 0 aliphatic heterocycles.